The van der Waals surface area contributed by atoms with E-state index in [0.29, 0.717) is 24.0 Å². The van der Waals surface area contributed by atoms with Gasteiger partial charge in [0.25, 0.3) is 0 Å². The number of fused-ring (bicyclic) bond motifs is 1. The van der Waals surface area contributed by atoms with Crippen molar-refractivity contribution < 1.29 is 0 Å². The molecule has 6 nitrogen and oxygen atoms in total. The third-order valence-corrected chi connectivity index (χ3v) is 5.65. The van der Waals surface area contributed by atoms with Crippen LogP contribution in [0, 0.1) is 6.92 Å². The zero-order valence-corrected chi connectivity index (χ0v) is 19.1. The van der Waals surface area contributed by atoms with Gasteiger partial charge in [0.15, 0.2) is 10.9 Å². The SMILES string of the molecule is Cc1ccc(Cn2cc(NC(=S)Nc3ccn(Cc4cccc5ccccc45)n3)cn2)cc1. The molecule has 0 fully saturated rings. The summed E-state index contributed by atoms with van der Waals surface area (Å²) in [5.41, 5.74) is 4.50. The molecule has 0 aliphatic carbocycles. The Bertz CT molecular complexity index is 1390. The van der Waals surface area contributed by atoms with E-state index in [1.165, 1.54) is 27.5 Å². The lowest BCUT2D eigenvalue weighted by Gasteiger charge is -2.08. The molecule has 7 heteroatoms. The predicted octanol–water partition coefficient (Wildman–Crippen LogP) is 5.45. The largest absolute Gasteiger partial charge is 0.330 e. The van der Waals surface area contributed by atoms with Crippen LogP contribution in [0.15, 0.2) is 91.4 Å². The summed E-state index contributed by atoms with van der Waals surface area (Å²) in [6, 6.07) is 25.1. The van der Waals surface area contributed by atoms with Crippen molar-refractivity contribution >= 4 is 39.6 Å². The maximum atomic E-state index is 5.47. The lowest BCUT2D eigenvalue weighted by molar-refractivity contribution is 0.687. The molecule has 0 unspecified atom stereocenters. The topological polar surface area (TPSA) is 59.7 Å². The molecule has 164 valence electrons. The van der Waals surface area contributed by atoms with Crippen LogP contribution in [0.3, 0.4) is 0 Å². The highest BCUT2D eigenvalue weighted by molar-refractivity contribution is 7.80. The van der Waals surface area contributed by atoms with E-state index in [2.05, 4.69) is 94.5 Å². The zero-order valence-electron chi connectivity index (χ0n) is 18.3. The number of aromatic nitrogens is 4. The Labute approximate surface area is 197 Å². The molecule has 0 aliphatic rings. The van der Waals surface area contributed by atoms with Crippen LogP contribution < -0.4 is 10.6 Å². The maximum absolute atomic E-state index is 5.47. The van der Waals surface area contributed by atoms with E-state index in [0.717, 1.165) is 5.69 Å². The van der Waals surface area contributed by atoms with Crippen molar-refractivity contribution in [3.05, 3.63) is 108 Å². The summed E-state index contributed by atoms with van der Waals surface area (Å²) in [4.78, 5) is 0. The van der Waals surface area contributed by atoms with Crippen LogP contribution >= 0.6 is 12.2 Å². The summed E-state index contributed by atoms with van der Waals surface area (Å²) in [7, 11) is 0. The van der Waals surface area contributed by atoms with Crippen LogP contribution in [0.25, 0.3) is 10.8 Å². The van der Waals surface area contributed by atoms with Crippen LogP contribution in [0.5, 0.6) is 0 Å². The summed E-state index contributed by atoms with van der Waals surface area (Å²) in [5, 5.41) is 18.3. The average molecular weight is 453 g/mol. The molecule has 0 saturated carbocycles. The Kier molecular flexibility index (Phi) is 5.87. The van der Waals surface area contributed by atoms with Crippen molar-refractivity contribution in [1.29, 1.82) is 0 Å². The molecule has 0 spiro atoms. The molecular formula is C26H24N6S. The summed E-state index contributed by atoms with van der Waals surface area (Å²) in [6.07, 6.45) is 5.65. The maximum Gasteiger partial charge on any atom is 0.176 e. The van der Waals surface area contributed by atoms with Crippen LogP contribution in [-0.4, -0.2) is 24.7 Å². The van der Waals surface area contributed by atoms with Crippen molar-refractivity contribution in [3.63, 3.8) is 0 Å². The van der Waals surface area contributed by atoms with Gasteiger partial charge in [-0.25, -0.2) is 0 Å². The fourth-order valence-corrected chi connectivity index (χ4v) is 4.02. The number of aryl methyl sites for hydroxylation is 1. The molecule has 2 aromatic heterocycles. The first kappa shape index (κ1) is 20.9. The van der Waals surface area contributed by atoms with Gasteiger partial charge < -0.3 is 10.6 Å². The van der Waals surface area contributed by atoms with E-state index in [1.807, 2.05) is 27.8 Å². The summed E-state index contributed by atoms with van der Waals surface area (Å²) >= 11 is 5.47. The number of hydrogen-bond acceptors (Lipinski definition) is 3. The monoisotopic (exact) mass is 452 g/mol. The van der Waals surface area contributed by atoms with Gasteiger partial charge in [-0.05, 0) is 41.0 Å². The van der Waals surface area contributed by atoms with Crippen molar-refractivity contribution in [2.75, 3.05) is 10.6 Å². The normalized spacial score (nSPS) is 10.9. The first-order chi connectivity index (χ1) is 16.1. The molecular weight excluding hydrogens is 428 g/mol. The number of benzene rings is 3. The molecule has 0 amide bonds. The van der Waals surface area contributed by atoms with E-state index in [-0.39, 0.29) is 0 Å². The van der Waals surface area contributed by atoms with Crippen molar-refractivity contribution in [1.82, 2.24) is 19.6 Å². The second kappa shape index (κ2) is 9.26. The molecule has 2 N–H and O–H groups in total. The highest BCUT2D eigenvalue weighted by Gasteiger charge is 2.07. The quantitative estimate of drug-likeness (QED) is 0.336. The number of nitrogens with zero attached hydrogens (tertiary/aromatic N) is 4. The van der Waals surface area contributed by atoms with Crippen molar-refractivity contribution in [2.45, 2.75) is 20.0 Å². The Morgan fingerprint density at radius 2 is 1.70 bits per heavy atom. The highest BCUT2D eigenvalue weighted by Crippen LogP contribution is 2.19. The lowest BCUT2D eigenvalue weighted by atomic mass is 10.0. The smallest absolute Gasteiger partial charge is 0.176 e. The van der Waals surface area contributed by atoms with Crippen LogP contribution in [-0.2, 0) is 13.1 Å². The molecule has 0 aliphatic heterocycles. The molecule has 3 aromatic carbocycles. The predicted molar refractivity (Wildman–Crippen MR) is 138 cm³/mol. The first-order valence-electron chi connectivity index (χ1n) is 10.8. The molecule has 0 bridgehead atoms. The Morgan fingerprint density at radius 3 is 2.58 bits per heavy atom. The summed E-state index contributed by atoms with van der Waals surface area (Å²) in [6.45, 7) is 3.48. The van der Waals surface area contributed by atoms with Crippen LogP contribution in [0.1, 0.15) is 16.7 Å². The third kappa shape index (κ3) is 5.10. The van der Waals surface area contributed by atoms with Gasteiger partial charge in [0, 0.05) is 18.5 Å². The van der Waals surface area contributed by atoms with E-state index >= 15 is 0 Å². The average Bonchev–Trinajstić information content (AvgIpc) is 3.44. The number of rotatable bonds is 6. The van der Waals surface area contributed by atoms with Gasteiger partial charge in [0.1, 0.15) is 0 Å². The zero-order chi connectivity index (χ0) is 22.6. The fraction of sp³-hybridized carbons (Fsp3) is 0.115. The molecule has 5 aromatic rings. The molecule has 2 heterocycles. The minimum atomic E-state index is 0.472. The van der Waals surface area contributed by atoms with Crippen LogP contribution in [0.4, 0.5) is 11.5 Å². The second-order valence-corrected chi connectivity index (χ2v) is 8.44. The molecule has 0 saturated heterocycles. The fourth-order valence-electron chi connectivity index (χ4n) is 3.80. The van der Waals surface area contributed by atoms with Gasteiger partial charge in [-0.15, -0.1) is 0 Å². The number of anilines is 2. The Hall–Kier alpha value is -3.97. The van der Waals surface area contributed by atoms with Gasteiger partial charge in [-0.1, -0.05) is 72.3 Å². The first-order valence-corrected chi connectivity index (χ1v) is 11.2. The van der Waals surface area contributed by atoms with Crippen molar-refractivity contribution in [3.8, 4) is 0 Å². The van der Waals surface area contributed by atoms with Gasteiger partial charge >= 0.3 is 0 Å². The summed E-state index contributed by atoms with van der Waals surface area (Å²) in [5.74, 6) is 0.694. The number of hydrogen-bond donors (Lipinski definition) is 2. The molecule has 0 radical (unpaired) electrons. The Balaban J connectivity index is 1.19. The molecule has 33 heavy (non-hydrogen) atoms. The van der Waals surface area contributed by atoms with E-state index in [1.54, 1.807) is 6.20 Å². The van der Waals surface area contributed by atoms with Crippen molar-refractivity contribution in [2.24, 2.45) is 0 Å². The van der Waals surface area contributed by atoms with E-state index in [4.69, 9.17) is 12.2 Å². The standard InChI is InChI=1S/C26H24N6S/c1-19-9-11-20(12-10-19)16-32-18-23(15-27-32)28-26(33)29-25-13-14-31(30-25)17-22-7-4-6-21-5-2-3-8-24(21)22/h2-15,18H,16-17H2,1H3,(H2,28,29,30,33). The van der Waals surface area contributed by atoms with Gasteiger partial charge in [0.05, 0.1) is 25.0 Å². The Morgan fingerprint density at radius 1 is 0.879 bits per heavy atom. The van der Waals surface area contributed by atoms with Gasteiger partial charge in [-0.3, -0.25) is 9.36 Å². The lowest BCUT2D eigenvalue weighted by Crippen LogP contribution is -2.19. The number of thiocarbonyl (C=S) groups is 1. The van der Waals surface area contributed by atoms with Crippen LogP contribution in [0.2, 0.25) is 0 Å². The van der Waals surface area contributed by atoms with Gasteiger partial charge in [0.2, 0.25) is 0 Å². The number of nitrogens with one attached hydrogen (secondary N) is 2. The van der Waals surface area contributed by atoms with Gasteiger partial charge in [-0.2, -0.15) is 10.2 Å². The third-order valence-electron chi connectivity index (χ3n) is 5.45. The minimum absolute atomic E-state index is 0.472. The minimum Gasteiger partial charge on any atom is -0.330 e. The summed E-state index contributed by atoms with van der Waals surface area (Å²) < 4.78 is 3.79. The molecule has 5 rings (SSSR count). The molecule has 0 atom stereocenters. The second-order valence-electron chi connectivity index (χ2n) is 8.03. The highest BCUT2D eigenvalue weighted by atomic mass is 32.1. The van der Waals surface area contributed by atoms with E-state index < -0.39 is 0 Å². The van der Waals surface area contributed by atoms with E-state index in [9.17, 15) is 0 Å².